The molecule has 1 aromatic rings. The average molecular weight is 277 g/mol. The van der Waals surface area contributed by atoms with Crippen molar-refractivity contribution in [1.29, 1.82) is 0 Å². The molecule has 1 unspecified atom stereocenters. The monoisotopic (exact) mass is 277 g/mol. The van der Waals surface area contributed by atoms with Gasteiger partial charge in [-0.1, -0.05) is 12.1 Å². The van der Waals surface area contributed by atoms with Crippen molar-refractivity contribution < 1.29 is 9.53 Å². The van der Waals surface area contributed by atoms with Crippen molar-refractivity contribution in [2.24, 2.45) is 5.73 Å². The van der Waals surface area contributed by atoms with Crippen molar-refractivity contribution >= 4 is 6.03 Å². The Labute approximate surface area is 120 Å². The lowest BCUT2D eigenvalue weighted by Gasteiger charge is -2.28. The zero-order chi connectivity index (χ0) is 14.5. The van der Waals surface area contributed by atoms with Crippen molar-refractivity contribution in [3.8, 4) is 5.75 Å². The predicted octanol–water partition coefficient (Wildman–Crippen LogP) is 1.84. The van der Waals surface area contributed by atoms with E-state index in [9.17, 15) is 4.79 Å². The molecule has 0 bridgehead atoms. The van der Waals surface area contributed by atoms with Crippen LogP contribution in [-0.2, 0) is 0 Å². The second-order valence-electron chi connectivity index (χ2n) is 5.17. The van der Waals surface area contributed by atoms with E-state index in [0.29, 0.717) is 12.6 Å². The number of amides is 2. The molecule has 0 aliphatic carbocycles. The zero-order valence-corrected chi connectivity index (χ0v) is 12.2. The second-order valence-corrected chi connectivity index (χ2v) is 5.17. The molecule has 0 saturated carbocycles. The lowest BCUT2D eigenvalue weighted by Crippen LogP contribution is -2.39. The van der Waals surface area contributed by atoms with Crippen LogP contribution in [0.2, 0.25) is 0 Å². The summed E-state index contributed by atoms with van der Waals surface area (Å²) in [5.41, 5.74) is 6.59. The minimum absolute atomic E-state index is 0.304. The number of ether oxygens (including phenoxy) is 1. The van der Waals surface area contributed by atoms with Gasteiger partial charge in [0.05, 0.1) is 7.11 Å². The van der Waals surface area contributed by atoms with Crippen LogP contribution in [0, 0.1) is 0 Å². The first kappa shape index (κ1) is 14.7. The summed E-state index contributed by atoms with van der Waals surface area (Å²) in [4.78, 5) is 15.4. The molecule has 1 saturated heterocycles. The number of hydrogen-bond donors (Lipinski definition) is 1. The number of primary amides is 1. The first-order chi connectivity index (χ1) is 9.61. The summed E-state index contributed by atoms with van der Waals surface area (Å²) in [6.45, 7) is 5.46. The molecule has 1 aromatic carbocycles. The van der Waals surface area contributed by atoms with E-state index < -0.39 is 0 Å². The Balaban J connectivity index is 2.04. The van der Waals surface area contributed by atoms with Crippen molar-refractivity contribution in [2.75, 3.05) is 33.3 Å². The molecule has 0 aromatic heterocycles. The van der Waals surface area contributed by atoms with Gasteiger partial charge in [0.2, 0.25) is 0 Å². The molecular weight excluding hydrogens is 254 g/mol. The van der Waals surface area contributed by atoms with Gasteiger partial charge in [0.15, 0.2) is 0 Å². The van der Waals surface area contributed by atoms with Crippen LogP contribution in [0.3, 0.4) is 0 Å². The number of nitrogens with zero attached hydrogens (tertiary/aromatic N) is 2. The van der Waals surface area contributed by atoms with E-state index >= 15 is 0 Å². The summed E-state index contributed by atoms with van der Waals surface area (Å²) < 4.78 is 5.28. The fourth-order valence-electron chi connectivity index (χ4n) is 2.66. The maximum atomic E-state index is 11.3. The summed E-state index contributed by atoms with van der Waals surface area (Å²) in [6, 6.07) is 8.13. The van der Waals surface area contributed by atoms with Crippen LogP contribution in [0.4, 0.5) is 4.79 Å². The number of benzene rings is 1. The highest BCUT2D eigenvalue weighted by Gasteiger charge is 2.21. The summed E-state index contributed by atoms with van der Waals surface area (Å²) in [6.07, 6.45) is 0.956. The molecule has 1 atom stereocenters. The molecule has 2 N–H and O–H groups in total. The van der Waals surface area contributed by atoms with E-state index in [4.69, 9.17) is 10.5 Å². The normalized spacial score (nSPS) is 18.4. The van der Waals surface area contributed by atoms with Gasteiger partial charge in [-0.15, -0.1) is 0 Å². The van der Waals surface area contributed by atoms with Gasteiger partial charge in [-0.2, -0.15) is 0 Å². The Bertz CT molecular complexity index is 464. The van der Waals surface area contributed by atoms with Gasteiger partial charge in [0.25, 0.3) is 0 Å². The minimum Gasteiger partial charge on any atom is -0.497 e. The molecule has 5 heteroatoms. The van der Waals surface area contributed by atoms with E-state index in [-0.39, 0.29) is 6.03 Å². The molecule has 2 amide bonds. The number of methoxy groups -OCH3 is 1. The Morgan fingerprint density at radius 2 is 2.10 bits per heavy atom. The maximum Gasteiger partial charge on any atom is 0.314 e. The Morgan fingerprint density at radius 1 is 1.30 bits per heavy atom. The lowest BCUT2D eigenvalue weighted by atomic mass is 10.1. The molecular formula is C15H23N3O2. The fourth-order valence-corrected chi connectivity index (χ4v) is 2.66. The second kappa shape index (κ2) is 6.61. The van der Waals surface area contributed by atoms with Crippen LogP contribution in [-0.4, -0.2) is 49.1 Å². The van der Waals surface area contributed by atoms with E-state index in [0.717, 1.165) is 31.8 Å². The number of urea groups is 1. The number of carbonyl (C=O) groups excluding carboxylic acids is 1. The third kappa shape index (κ3) is 3.42. The zero-order valence-electron chi connectivity index (χ0n) is 12.2. The molecule has 2 rings (SSSR count). The van der Waals surface area contributed by atoms with Crippen LogP contribution >= 0.6 is 0 Å². The van der Waals surface area contributed by atoms with E-state index in [1.165, 1.54) is 5.56 Å². The maximum absolute atomic E-state index is 11.3. The quantitative estimate of drug-likeness (QED) is 0.917. The van der Waals surface area contributed by atoms with Gasteiger partial charge < -0.3 is 15.4 Å². The largest absolute Gasteiger partial charge is 0.497 e. The van der Waals surface area contributed by atoms with Crippen molar-refractivity contribution in [3.63, 3.8) is 0 Å². The highest BCUT2D eigenvalue weighted by atomic mass is 16.5. The van der Waals surface area contributed by atoms with Gasteiger partial charge in [-0.3, -0.25) is 4.90 Å². The van der Waals surface area contributed by atoms with Crippen molar-refractivity contribution in [1.82, 2.24) is 9.80 Å². The molecule has 5 nitrogen and oxygen atoms in total. The van der Waals surface area contributed by atoms with Gasteiger partial charge in [-0.05, 0) is 31.0 Å². The molecule has 1 aliphatic heterocycles. The summed E-state index contributed by atoms with van der Waals surface area (Å²) in [5, 5.41) is 0. The van der Waals surface area contributed by atoms with Gasteiger partial charge >= 0.3 is 6.03 Å². The molecule has 1 fully saturated rings. The number of carbonyl (C=O) groups is 1. The molecule has 110 valence electrons. The summed E-state index contributed by atoms with van der Waals surface area (Å²) >= 11 is 0. The summed E-state index contributed by atoms with van der Waals surface area (Å²) in [5.74, 6) is 0.878. The molecule has 1 aliphatic rings. The van der Waals surface area contributed by atoms with E-state index in [1.807, 2.05) is 12.1 Å². The van der Waals surface area contributed by atoms with Crippen LogP contribution in [0.5, 0.6) is 5.75 Å². The topological polar surface area (TPSA) is 58.8 Å². The Morgan fingerprint density at radius 3 is 2.80 bits per heavy atom. The molecule has 20 heavy (non-hydrogen) atoms. The fraction of sp³-hybridized carbons (Fsp3) is 0.533. The number of rotatable bonds is 3. The summed E-state index contributed by atoms with van der Waals surface area (Å²) in [7, 11) is 1.68. The third-order valence-electron chi connectivity index (χ3n) is 3.97. The van der Waals surface area contributed by atoms with E-state index in [1.54, 1.807) is 12.0 Å². The van der Waals surface area contributed by atoms with E-state index in [2.05, 4.69) is 24.0 Å². The molecule has 1 heterocycles. The lowest BCUT2D eigenvalue weighted by molar-refractivity contribution is 0.198. The smallest absolute Gasteiger partial charge is 0.314 e. The first-order valence-electron chi connectivity index (χ1n) is 7.04. The standard InChI is InChI=1S/C15H23N3O2/c1-12(13-5-3-6-14(11-13)20-2)17-7-4-8-18(10-9-17)15(16)19/h3,5-6,11-12H,4,7-10H2,1-2H3,(H2,16,19). The van der Waals surface area contributed by atoms with Gasteiger partial charge in [0, 0.05) is 32.2 Å². The predicted molar refractivity (Wildman–Crippen MR) is 78.8 cm³/mol. The van der Waals surface area contributed by atoms with Gasteiger partial charge in [-0.25, -0.2) is 4.79 Å². The SMILES string of the molecule is COc1cccc(C(C)N2CCCN(C(N)=O)CC2)c1. The molecule has 0 radical (unpaired) electrons. The van der Waals surface area contributed by atoms with Crippen molar-refractivity contribution in [2.45, 2.75) is 19.4 Å². The number of hydrogen-bond acceptors (Lipinski definition) is 3. The Hall–Kier alpha value is -1.75. The first-order valence-corrected chi connectivity index (χ1v) is 7.04. The Kier molecular flexibility index (Phi) is 4.84. The minimum atomic E-state index is -0.319. The highest BCUT2D eigenvalue weighted by molar-refractivity contribution is 5.71. The van der Waals surface area contributed by atoms with Crippen LogP contribution in [0.25, 0.3) is 0 Å². The number of nitrogens with two attached hydrogens (primary N) is 1. The third-order valence-corrected chi connectivity index (χ3v) is 3.97. The van der Waals surface area contributed by atoms with Gasteiger partial charge in [0.1, 0.15) is 5.75 Å². The molecule has 0 spiro atoms. The highest BCUT2D eigenvalue weighted by Crippen LogP contribution is 2.24. The van der Waals surface area contributed by atoms with Crippen LogP contribution < -0.4 is 10.5 Å². The van der Waals surface area contributed by atoms with Crippen molar-refractivity contribution in [3.05, 3.63) is 29.8 Å². The van der Waals surface area contributed by atoms with Crippen LogP contribution in [0.15, 0.2) is 24.3 Å². The average Bonchev–Trinajstić information content (AvgIpc) is 2.72. The van der Waals surface area contributed by atoms with Crippen LogP contribution in [0.1, 0.15) is 24.9 Å².